The van der Waals surface area contributed by atoms with E-state index in [1.54, 1.807) is 16.9 Å². The molecule has 3 rings (SSSR count). The predicted molar refractivity (Wildman–Crippen MR) is 121 cm³/mol. The second kappa shape index (κ2) is 9.43. The highest BCUT2D eigenvalue weighted by Gasteiger charge is 2.24. The molecule has 0 bridgehead atoms. The van der Waals surface area contributed by atoms with Crippen molar-refractivity contribution in [1.29, 1.82) is 0 Å². The number of benzene rings is 1. The standard InChI is InChI=1S/C23H33N5O2/c1-16(2)26(5)20-12-23(30)28(24-13-20)19-7-6-10-27(14-19)15-22(29)25-21-9-8-17(3)11-18(21)4/h8-9,11-13,16,19H,6-7,10,14-15H2,1-5H3,(H,25,29). The fourth-order valence-corrected chi connectivity index (χ4v) is 3.89. The number of piperidine rings is 1. The SMILES string of the molecule is Cc1ccc(NC(=O)CN2CCCC(n3ncc(N(C)C(C)C)cc3=O)C2)c(C)c1. The Morgan fingerprint density at radius 1 is 1.30 bits per heavy atom. The Labute approximate surface area is 178 Å². The lowest BCUT2D eigenvalue weighted by molar-refractivity contribution is -0.117. The molecule has 1 aliphatic rings. The molecule has 1 N–H and O–H groups in total. The fourth-order valence-electron chi connectivity index (χ4n) is 3.89. The van der Waals surface area contributed by atoms with Crippen LogP contribution in [-0.2, 0) is 4.79 Å². The van der Waals surface area contributed by atoms with Crippen LogP contribution in [0, 0.1) is 13.8 Å². The van der Waals surface area contributed by atoms with Crippen molar-refractivity contribution in [3.63, 3.8) is 0 Å². The van der Waals surface area contributed by atoms with E-state index in [2.05, 4.69) is 35.2 Å². The average molecular weight is 412 g/mol. The molecule has 1 atom stereocenters. The highest BCUT2D eigenvalue weighted by atomic mass is 16.2. The Morgan fingerprint density at radius 2 is 2.07 bits per heavy atom. The molecular formula is C23H33N5O2. The summed E-state index contributed by atoms with van der Waals surface area (Å²) >= 11 is 0. The van der Waals surface area contributed by atoms with Crippen molar-refractivity contribution in [2.45, 2.75) is 52.6 Å². The summed E-state index contributed by atoms with van der Waals surface area (Å²) in [5.74, 6) is -0.0307. The number of hydrogen-bond acceptors (Lipinski definition) is 5. The summed E-state index contributed by atoms with van der Waals surface area (Å²) < 4.78 is 1.58. The molecule has 0 radical (unpaired) electrons. The van der Waals surface area contributed by atoms with Gasteiger partial charge in [0, 0.05) is 31.4 Å². The van der Waals surface area contributed by atoms with E-state index in [0.29, 0.717) is 19.1 Å². The van der Waals surface area contributed by atoms with Crippen LogP contribution in [0.1, 0.15) is 43.9 Å². The molecule has 2 heterocycles. The van der Waals surface area contributed by atoms with Crippen LogP contribution in [-0.4, -0.2) is 53.3 Å². The number of nitrogens with one attached hydrogen (secondary N) is 1. The lowest BCUT2D eigenvalue weighted by Crippen LogP contribution is -2.43. The Hall–Kier alpha value is -2.67. The van der Waals surface area contributed by atoms with E-state index in [4.69, 9.17) is 0 Å². The van der Waals surface area contributed by atoms with E-state index in [1.807, 2.05) is 37.9 Å². The Bertz CT molecular complexity index is 953. The summed E-state index contributed by atoms with van der Waals surface area (Å²) in [6.45, 7) is 9.99. The number of aryl methyl sites for hydroxylation is 2. The second-order valence-electron chi connectivity index (χ2n) is 8.60. The van der Waals surface area contributed by atoms with Gasteiger partial charge in [0.1, 0.15) is 0 Å². The molecule has 1 amide bonds. The minimum absolute atomic E-state index is 0.0152. The highest BCUT2D eigenvalue weighted by Crippen LogP contribution is 2.21. The van der Waals surface area contributed by atoms with Gasteiger partial charge in [0.15, 0.2) is 0 Å². The maximum atomic E-state index is 12.7. The molecule has 1 aromatic heterocycles. The van der Waals surface area contributed by atoms with Crippen LogP contribution in [0.4, 0.5) is 11.4 Å². The fraction of sp³-hybridized carbons (Fsp3) is 0.522. The quantitative estimate of drug-likeness (QED) is 0.791. The van der Waals surface area contributed by atoms with E-state index in [1.165, 1.54) is 5.56 Å². The van der Waals surface area contributed by atoms with E-state index in [-0.39, 0.29) is 17.5 Å². The van der Waals surface area contributed by atoms with Gasteiger partial charge in [-0.2, -0.15) is 5.10 Å². The topological polar surface area (TPSA) is 70.5 Å². The van der Waals surface area contributed by atoms with Crippen molar-refractivity contribution in [2.24, 2.45) is 0 Å². The number of nitrogens with zero attached hydrogens (tertiary/aromatic N) is 4. The summed E-state index contributed by atoms with van der Waals surface area (Å²) in [5, 5.41) is 7.45. The van der Waals surface area contributed by atoms with E-state index in [0.717, 1.165) is 36.3 Å². The maximum Gasteiger partial charge on any atom is 0.269 e. The molecule has 1 aliphatic heterocycles. The number of anilines is 2. The average Bonchev–Trinajstić information content (AvgIpc) is 2.69. The Balaban J connectivity index is 1.64. The molecule has 1 aromatic carbocycles. The van der Waals surface area contributed by atoms with Gasteiger partial charge in [-0.1, -0.05) is 17.7 Å². The zero-order valence-corrected chi connectivity index (χ0v) is 18.7. The Kier molecular flexibility index (Phi) is 6.92. The number of carbonyl (C=O) groups is 1. The molecule has 162 valence electrons. The Morgan fingerprint density at radius 3 is 2.73 bits per heavy atom. The first kappa shape index (κ1) is 22.0. The molecule has 1 unspecified atom stereocenters. The third-order valence-corrected chi connectivity index (χ3v) is 5.84. The van der Waals surface area contributed by atoms with Crippen molar-refractivity contribution in [1.82, 2.24) is 14.7 Å². The molecule has 7 nitrogen and oxygen atoms in total. The summed E-state index contributed by atoms with van der Waals surface area (Å²) in [6.07, 6.45) is 3.58. The van der Waals surface area contributed by atoms with Gasteiger partial charge in [-0.25, -0.2) is 4.68 Å². The van der Waals surface area contributed by atoms with Crippen LogP contribution in [0.2, 0.25) is 0 Å². The van der Waals surface area contributed by atoms with Crippen LogP contribution in [0.3, 0.4) is 0 Å². The number of aromatic nitrogens is 2. The normalized spacial score (nSPS) is 17.2. The van der Waals surface area contributed by atoms with E-state index in [9.17, 15) is 9.59 Å². The number of amides is 1. The monoisotopic (exact) mass is 411 g/mol. The molecular weight excluding hydrogens is 378 g/mol. The van der Waals surface area contributed by atoms with Crippen molar-refractivity contribution >= 4 is 17.3 Å². The van der Waals surface area contributed by atoms with Gasteiger partial charge in [-0.15, -0.1) is 0 Å². The number of likely N-dealkylation sites (tertiary alicyclic amines) is 1. The van der Waals surface area contributed by atoms with Crippen LogP contribution >= 0.6 is 0 Å². The number of carbonyl (C=O) groups excluding carboxylic acids is 1. The van der Waals surface area contributed by atoms with Gasteiger partial charge in [0.25, 0.3) is 5.56 Å². The summed E-state index contributed by atoms with van der Waals surface area (Å²) in [4.78, 5) is 29.4. The van der Waals surface area contributed by atoms with Crippen LogP contribution in [0.5, 0.6) is 0 Å². The zero-order valence-electron chi connectivity index (χ0n) is 18.7. The maximum absolute atomic E-state index is 12.7. The second-order valence-corrected chi connectivity index (χ2v) is 8.60. The van der Waals surface area contributed by atoms with Crippen molar-refractivity contribution in [3.8, 4) is 0 Å². The lowest BCUT2D eigenvalue weighted by Gasteiger charge is -2.32. The molecule has 1 fully saturated rings. The van der Waals surface area contributed by atoms with Crippen LogP contribution in [0.25, 0.3) is 0 Å². The minimum atomic E-state index is -0.0911. The van der Waals surface area contributed by atoms with Crippen LogP contribution in [0.15, 0.2) is 35.3 Å². The molecule has 2 aromatic rings. The lowest BCUT2D eigenvalue weighted by atomic mass is 10.1. The molecule has 0 saturated carbocycles. The minimum Gasteiger partial charge on any atom is -0.371 e. The van der Waals surface area contributed by atoms with Crippen molar-refractivity contribution < 1.29 is 4.79 Å². The summed E-state index contributed by atoms with van der Waals surface area (Å²) in [7, 11) is 1.96. The first-order chi connectivity index (χ1) is 14.2. The third kappa shape index (κ3) is 5.27. The first-order valence-corrected chi connectivity index (χ1v) is 10.7. The first-order valence-electron chi connectivity index (χ1n) is 10.7. The van der Waals surface area contributed by atoms with Gasteiger partial charge in [0.2, 0.25) is 5.91 Å². The van der Waals surface area contributed by atoms with Gasteiger partial charge < -0.3 is 10.2 Å². The van der Waals surface area contributed by atoms with Gasteiger partial charge >= 0.3 is 0 Å². The molecule has 0 spiro atoms. The van der Waals surface area contributed by atoms with Crippen molar-refractivity contribution in [2.75, 3.05) is 36.9 Å². The molecule has 0 aliphatic carbocycles. The summed E-state index contributed by atoms with van der Waals surface area (Å²) in [6, 6.07) is 7.93. The summed E-state index contributed by atoms with van der Waals surface area (Å²) in [5.41, 5.74) is 3.82. The van der Waals surface area contributed by atoms with Crippen LogP contribution < -0.4 is 15.8 Å². The highest BCUT2D eigenvalue weighted by molar-refractivity contribution is 5.93. The largest absolute Gasteiger partial charge is 0.371 e. The van der Waals surface area contributed by atoms with Gasteiger partial charge in [-0.05, 0) is 58.7 Å². The molecule has 7 heteroatoms. The third-order valence-electron chi connectivity index (χ3n) is 5.84. The molecule has 30 heavy (non-hydrogen) atoms. The smallest absolute Gasteiger partial charge is 0.269 e. The molecule has 1 saturated heterocycles. The number of rotatable bonds is 6. The zero-order chi connectivity index (χ0) is 21.8. The van der Waals surface area contributed by atoms with Gasteiger partial charge in [0.05, 0.1) is 24.5 Å². The predicted octanol–water partition coefficient (Wildman–Crippen LogP) is 2.98. The van der Waals surface area contributed by atoms with E-state index >= 15 is 0 Å². The van der Waals surface area contributed by atoms with Gasteiger partial charge in [-0.3, -0.25) is 14.5 Å². The number of hydrogen-bond donors (Lipinski definition) is 1. The van der Waals surface area contributed by atoms with E-state index < -0.39 is 0 Å². The van der Waals surface area contributed by atoms with Crippen molar-refractivity contribution in [3.05, 3.63) is 51.9 Å².